The van der Waals surface area contributed by atoms with E-state index in [2.05, 4.69) is 40.8 Å². The summed E-state index contributed by atoms with van der Waals surface area (Å²) in [4.78, 5) is 21.4. The van der Waals surface area contributed by atoms with Gasteiger partial charge < -0.3 is 14.5 Å². The predicted molar refractivity (Wildman–Crippen MR) is 123 cm³/mol. The number of cyclic esters (lactones) is 1. The number of pyridine rings is 1. The topological polar surface area (TPSA) is 69.5 Å². The molecule has 6 heteroatoms. The highest BCUT2D eigenvalue weighted by molar-refractivity contribution is 5.93. The molecule has 1 spiro atoms. The Kier molecular flexibility index (Phi) is 5.38. The molecule has 166 valence electrons. The zero-order chi connectivity index (χ0) is 22.3. The van der Waals surface area contributed by atoms with Gasteiger partial charge in [-0.05, 0) is 86.9 Å². The number of anilines is 1. The fraction of sp³-hybridized carbons (Fsp3) is 0.500. The van der Waals surface area contributed by atoms with Gasteiger partial charge in [0.15, 0.2) is 0 Å². The third-order valence-corrected chi connectivity index (χ3v) is 7.81. The quantitative estimate of drug-likeness (QED) is 0.688. The number of fused-ring (bicyclic) bond motifs is 1. The number of nitriles is 1. The van der Waals surface area contributed by atoms with Gasteiger partial charge in [-0.1, -0.05) is 6.07 Å². The van der Waals surface area contributed by atoms with Gasteiger partial charge in [0.25, 0.3) is 0 Å². The van der Waals surface area contributed by atoms with E-state index in [1.807, 2.05) is 12.1 Å². The van der Waals surface area contributed by atoms with E-state index in [0.717, 1.165) is 61.7 Å². The maximum Gasteiger partial charge on any atom is 0.338 e. The smallest absolute Gasteiger partial charge is 0.338 e. The molecule has 4 heterocycles. The molecule has 2 saturated heterocycles. The summed E-state index contributed by atoms with van der Waals surface area (Å²) in [5.74, 6) is 0.853. The number of hydrogen-bond acceptors (Lipinski definition) is 6. The van der Waals surface area contributed by atoms with Gasteiger partial charge in [-0.15, -0.1) is 0 Å². The van der Waals surface area contributed by atoms with E-state index in [1.54, 1.807) is 6.20 Å². The van der Waals surface area contributed by atoms with Crippen LogP contribution in [0.3, 0.4) is 0 Å². The Morgan fingerprint density at radius 2 is 1.97 bits per heavy atom. The molecular weight excluding hydrogens is 400 g/mol. The molecule has 6 nitrogen and oxygen atoms in total. The van der Waals surface area contributed by atoms with Crippen molar-refractivity contribution in [2.75, 3.05) is 37.6 Å². The summed E-state index contributed by atoms with van der Waals surface area (Å²) in [5.41, 5.74) is 6.48. The van der Waals surface area contributed by atoms with Gasteiger partial charge in [0.05, 0.1) is 11.1 Å². The molecule has 0 bridgehead atoms. The van der Waals surface area contributed by atoms with Gasteiger partial charge in [-0.25, -0.2) is 9.78 Å². The summed E-state index contributed by atoms with van der Waals surface area (Å²) < 4.78 is 5.19. The van der Waals surface area contributed by atoms with E-state index < -0.39 is 0 Å². The van der Waals surface area contributed by atoms with E-state index in [1.165, 1.54) is 30.4 Å². The Bertz CT molecular complexity index is 1100. The Labute approximate surface area is 189 Å². The number of piperidine rings is 1. The average Bonchev–Trinajstić information content (AvgIpc) is 3.39. The van der Waals surface area contributed by atoms with Crippen molar-refractivity contribution in [3.05, 3.63) is 57.8 Å². The SMILES string of the molecule is Cc1cc(C#N)cnc1N1CCC2(CCN(CCc3ccc4c(c3C)COC4=O)CC2)C1. The van der Waals surface area contributed by atoms with E-state index >= 15 is 0 Å². The van der Waals surface area contributed by atoms with Crippen molar-refractivity contribution in [2.45, 2.75) is 46.1 Å². The summed E-state index contributed by atoms with van der Waals surface area (Å²) in [6.45, 7) is 10.0. The number of hydrogen-bond donors (Lipinski definition) is 0. The molecule has 0 radical (unpaired) electrons. The van der Waals surface area contributed by atoms with Crippen LogP contribution in [0, 0.1) is 30.6 Å². The summed E-state index contributed by atoms with van der Waals surface area (Å²) in [7, 11) is 0. The van der Waals surface area contributed by atoms with Crippen molar-refractivity contribution < 1.29 is 9.53 Å². The Morgan fingerprint density at radius 1 is 1.19 bits per heavy atom. The maximum atomic E-state index is 11.8. The number of benzene rings is 1. The Hall–Kier alpha value is -2.91. The molecule has 0 unspecified atom stereocenters. The largest absolute Gasteiger partial charge is 0.457 e. The van der Waals surface area contributed by atoms with Crippen molar-refractivity contribution in [1.29, 1.82) is 5.26 Å². The molecule has 0 aliphatic carbocycles. The highest BCUT2D eigenvalue weighted by Crippen LogP contribution is 2.42. The first-order valence-corrected chi connectivity index (χ1v) is 11.6. The molecule has 3 aliphatic rings. The van der Waals surface area contributed by atoms with Crippen molar-refractivity contribution in [1.82, 2.24) is 9.88 Å². The second-order valence-corrected chi connectivity index (χ2v) is 9.69. The third kappa shape index (κ3) is 3.75. The zero-order valence-electron chi connectivity index (χ0n) is 19.0. The van der Waals surface area contributed by atoms with Crippen LogP contribution >= 0.6 is 0 Å². The number of rotatable bonds is 4. The minimum atomic E-state index is -0.187. The molecule has 0 atom stereocenters. The fourth-order valence-corrected chi connectivity index (χ4v) is 5.68. The zero-order valence-corrected chi connectivity index (χ0v) is 19.0. The summed E-state index contributed by atoms with van der Waals surface area (Å²) in [6.07, 6.45) is 6.38. The normalized spacial score (nSPS) is 19.8. The molecule has 3 aliphatic heterocycles. The number of nitrogens with zero attached hydrogens (tertiary/aromatic N) is 4. The van der Waals surface area contributed by atoms with Gasteiger partial charge >= 0.3 is 5.97 Å². The van der Waals surface area contributed by atoms with Crippen molar-refractivity contribution >= 4 is 11.8 Å². The monoisotopic (exact) mass is 430 g/mol. The second kappa shape index (κ2) is 8.22. The Morgan fingerprint density at radius 3 is 2.72 bits per heavy atom. The lowest BCUT2D eigenvalue weighted by Crippen LogP contribution is -2.42. The van der Waals surface area contributed by atoms with Crippen LogP contribution in [0.4, 0.5) is 5.82 Å². The molecule has 1 aromatic heterocycles. The van der Waals surface area contributed by atoms with E-state index in [0.29, 0.717) is 17.6 Å². The predicted octanol–water partition coefficient (Wildman–Crippen LogP) is 3.78. The average molecular weight is 431 g/mol. The number of aromatic nitrogens is 1. The van der Waals surface area contributed by atoms with Crippen LogP contribution in [-0.2, 0) is 17.8 Å². The lowest BCUT2D eigenvalue weighted by atomic mass is 9.77. The van der Waals surface area contributed by atoms with Crippen LogP contribution in [-0.4, -0.2) is 48.6 Å². The van der Waals surface area contributed by atoms with Crippen molar-refractivity contribution in [3.8, 4) is 6.07 Å². The molecule has 5 rings (SSSR count). The fourth-order valence-electron chi connectivity index (χ4n) is 5.68. The number of carbonyl (C=O) groups is 1. The van der Waals surface area contributed by atoms with Crippen LogP contribution < -0.4 is 4.90 Å². The molecule has 0 N–H and O–H groups in total. The summed E-state index contributed by atoms with van der Waals surface area (Å²) in [6, 6.07) is 8.16. The molecule has 0 saturated carbocycles. The van der Waals surface area contributed by atoms with Gasteiger partial charge in [0, 0.05) is 31.4 Å². The van der Waals surface area contributed by atoms with Gasteiger partial charge in [0.2, 0.25) is 0 Å². The standard InChI is InChI=1S/C26H30N4O2/c1-18-13-20(14-27)15-28-24(18)30-12-8-26(17-30)6-10-29(11-7-26)9-5-21-3-4-22-23(19(21)2)16-32-25(22)31/h3-4,13,15H,5-12,16-17H2,1-2H3. The second-order valence-electron chi connectivity index (χ2n) is 9.69. The Balaban J connectivity index is 1.17. The molecule has 2 fully saturated rings. The van der Waals surface area contributed by atoms with Gasteiger partial charge in [-0.2, -0.15) is 5.26 Å². The molecule has 2 aromatic rings. The number of carbonyl (C=O) groups excluding carboxylic acids is 1. The first-order valence-electron chi connectivity index (χ1n) is 11.6. The molecule has 0 amide bonds. The lowest BCUT2D eigenvalue weighted by molar-refractivity contribution is 0.0535. The number of aryl methyl sites for hydroxylation is 1. The van der Waals surface area contributed by atoms with Crippen LogP contribution in [0.15, 0.2) is 24.4 Å². The van der Waals surface area contributed by atoms with Crippen molar-refractivity contribution in [2.24, 2.45) is 5.41 Å². The van der Waals surface area contributed by atoms with Gasteiger partial charge in [-0.3, -0.25) is 0 Å². The summed E-state index contributed by atoms with van der Waals surface area (Å²) >= 11 is 0. The molecule has 1 aromatic carbocycles. The highest BCUT2D eigenvalue weighted by Gasteiger charge is 2.41. The minimum absolute atomic E-state index is 0.187. The van der Waals surface area contributed by atoms with Crippen molar-refractivity contribution in [3.63, 3.8) is 0 Å². The van der Waals surface area contributed by atoms with E-state index in [9.17, 15) is 4.79 Å². The van der Waals surface area contributed by atoms with E-state index in [-0.39, 0.29) is 5.97 Å². The van der Waals surface area contributed by atoms with Crippen LogP contribution in [0.5, 0.6) is 0 Å². The first-order chi connectivity index (χ1) is 15.5. The van der Waals surface area contributed by atoms with Crippen LogP contribution in [0.1, 0.15) is 57.4 Å². The number of likely N-dealkylation sites (tertiary alicyclic amines) is 1. The van der Waals surface area contributed by atoms with E-state index in [4.69, 9.17) is 10.00 Å². The summed E-state index contributed by atoms with van der Waals surface area (Å²) in [5, 5.41) is 9.10. The minimum Gasteiger partial charge on any atom is -0.457 e. The molecular formula is C26H30N4O2. The third-order valence-electron chi connectivity index (χ3n) is 7.81. The number of ether oxygens (including phenoxy) is 1. The lowest BCUT2D eigenvalue weighted by Gasteiger charge is -2.39. The first kappa shape index (κ1) is 21.0. The van der Waals surface area contributed by atoms with Gasteiger partial charge in [0.1, 0.15) is 18.5 Å². The van der Waals surface area contributed by atoms with Crippen LogP contribution in [0.2, 0.25) is 0 Å². The number of esters is 1. The van der Waals surface area contributed by atoms with Crippen LogP contribution in [0.25, 0.3) is 0 Å². The highest BCUT2D eigenvalue weighted by atomic mass is 16.5. The molecule has 32 heavy (non-hydrogen) atoms. The maximum absolute atomic E-state index is 11.8.